The maximum atomic E-state index is 12.9. The van der Waals surface area contributed by atoms with E-state index in [9.17, 15) is 9.59 Å². The molecule has 2 amide bonds. The maximum Gasteiger partial charge on any atom is 0.276 e. The van der Waals surface area contributed by atoms with Crippen LogP contribution in [0.25, 0.3) is 5.69 Å². The molecule has 1 aliphatic heterocycles. The number of amides is 2. The molecule has 136 valence electrons. The van der Waals surface area contributed by atoms with Gasteiger partial charge in [0, 0.05) is 19.6 Å². The zero-order valence-electron chi connectivity index (χ0n) is 14.9. The Kier molecular flexibility index (Phi) is 5.46. The Morgan fingerprint density at radius 3 is 2.81 bits per heavy atom. The fourth-order valence-corrected chi connectivity index (χ4v) is 3.14. The van der Waals surface area contributed by atoms with E-state index in [1.807, 2.05) is 30.3 Å². The number of hydrogen-bond acceptors (Lipinski definition) is 4. The van der Waals surface area contributed by atoms with Gasteiger partial charge in [-0.15, -0.1) is 5.10 Å². The van der Waals surface area contributed by atoms with Crippen LogP contribution < -0.4 is 5.32 Å². The topological polar surface area (TPSA) is 80.1 Å². The number of nitrogens with one attached hydrogen (secondary N) is 1. The van der Waals surface area contributed by atoms with Gasteiger partial charge in [0.15, 0.2) is 5.69 Å². The third-order valence-electron chi connectivity index (χ3n) is 4.53. The number of aromatic nitrogens is 3. The van der Waals surface area contributed by atoms with E-state index in [1.165, 1.54) is 10.9 Å². The van der Waals surface area contributed by atoms with E-state index in [0.717, 1.165) is 18.5 Å². The van der Waals surface area contributed by atoms with E-state index in [2.05, 4.69) is 22.1 Å². The van der Waals surface area contributed by atoms with Gasteiger partial charge < -0.3 is 10.2 Å². The Morgan fingerprint density at radius 1 is 1.31 bits per heavy atom. The highest BCUT2D eigenvalue weighted by Crippen LogP contribution is 2.19. The molecule has 1 aromatic heterocycles. The van der Waals surface area contributed by atoms with Crippen molar-refractivity contribution in [1.29, 1.82) is 0 Å². The molecule has 7 heteroatoms. The molecule has 2 aromatic rings. The van der Waals surface area contributed by atoms with Gasteiger partial charge in [-0.2, -0.15) is 9.90 Å². The molecule has 1 N–H and O–H groups in total. The third-order valence-corrected chi connectivity index (χ3v) is 4.53. The van der Waals surface area contributed by atoms with Gasteiger partial charge in [0.05, 0.1) is 11.4 Å². The van der Waals surface area contributed by atoms with Crippen LogP contribution in [0, 0.1) is 12.8 Å². The van der Waals surface area contributed by atoms with Gasteiger partial charge in [-0.05, 0) is 43.9 Å². The van der Waals surface area contributed by atoms with Crippen molar-refractivity contribution in [3.8, 4) is 5.69 Å². The number of nitrogens with zero attached hydrogens (tertiary/aromatic N) is 4. The average molecular weight is 353 g/mol. The summed E-state index contributed by atoms with van der Waals surface area (Å²) in [7, 11) is 0. The lowest BCUT2D eigenvalue weighted by atomic mass is 9.97. The minimum absolute atomic E-state index is 0.107. The minimum Gasteiger partial charge on any atom is -0.352 e. The second kappa shape index (κ2) is 7.95. The fourth-order valence-electron chi connectivity index (χ4n) is 3.14. The molecule has 1 aromatic carbocycles. The lowest BCUT2D eigenvalue weighted by molar-refractivity contribution is -0.116. The molecule has 0 spiro atoms. The molecular weight excluding hydrogens is 330 g/mol. The summed E-state index contributed by atoms with van der Waals surface area (Å²) in [5, 5.41) is 11.6. The van der Waals surface area contributed by atoms with Crippen LogP contribution in [0.15, 0.2) is 43.0 Å². The number of para-hydroxylation sites is 1. The number of hydrogen-bond donors (Lipinski definition) is 1. The number of carbonyl (C=O) groups is 2. The molecule has 0 aliphatic carbocycles. The average Bonchev–Trinajstić information content (AvgIpc) is 3.08. The van der Waals surface area contributed by atoms with Crippen molar-refractivity contribution < 1.29 is 9.59 Å². The number of rotatable bonds is 5. The van der Waals surface area contributed by atoms with Crippen molar-refractivity contribution in [3.63, 3.8) is 0 Å². The number of benzene rings is 1. The van der Waals surface area contributed by atoms with Crippen molar-refractivity contribution in [3.05, 3.63) is 54.4 Å². The Morgan fingerprint density at radius 2 is 2.08 bits per heavy atom. The summed E-state index contributed by atoms with van der Waals surface area (Å²) in [4.78, 5) is 27.6. The first-order chi connectivity index (χ1) is 12.6. The number of piperidine rings is 1. The molecule has 1 saturated heterocycles. The molecule has 3 rings (SSSR count). The van der Waals surface area contributed by atoms with Gasteiger partial charge >= 0.3 is 0 Å². The lowest BCUT2D eigenvalue weighted by Gasteiger charge is -2.32. The van der Waals surface area contributed by atoms with Crippen LogP contribution in [0.4, 0.5) is 0 Å². The Bertz CT molecular complexity index is 800. The van der Waals surface area contributed by atoms with Crippen molar-refractivity contribution in [2.75, 3.05) is 19.6 Å². The van der Waals surface area contributed by atoms with Gasteiger partial charge in [0.1, 0.15) is 0 Å². The summed E-state index contributed by atoms with van der Waals surface area (Å²) >= 11 is 0. The van der Waals surface area contributed by atoms with Crippen LogP contribution in [-0.2, 0) is 4.79 Å². The van der Waals surface area contributed by atoms with Gasteiger partial charge in [-0.1, -0.05) is 24.8 Å². The fraction of sp³-hybridized carbons (Fsp3) is 0.368. The second-order valence-electron chi connectivity index (χ2n) is 6.47. The van der Waals surface area contributed by atoms with Crippen molar-refractivity contribution in [2.24, 2.45) is 5.92 Å². The van der Waals surface area contributed by atoms with Crippen LogP contribution in [0.5, 0.6) is 0 Å². The van der Waals surface area contributed by atoms with Crippen LogP contribution in [0.3, 0.4) is 0 Å². The van der Waals surface area contributed by atoms with Gasteiger partial charge in [0.2, 0.25) is 5.91 Å². The van der Waals surface area contributed by atoms with Crippen LogP contribution >= 0.6 is 0 Å². The Hall–Kier alpha value is -2.96. The SMILES string of the molecule is C=CC(=O)NC[C@H]1CCCN(C(=O)c2nn(-c3ccccc3)nc2C)C1. The zero-order valence-corrected chi connectivity index (χ0v) is 14.9. The molecule has 0 saturated carbocycles. The molecule has 1 fully saturated rings. The summed E-state index contributed by atoms with van der Waals surface area (Å²) in [6.45, 7) is 7.09. The molecule has 26 heavy (non-hydrogen) atoms. The third kappa shape index (κ3) is 3.99. The van der Waals surface area contributed by atoms with Crippen molar-refractivity contribution in [2.45, 2.75) is 19.8 Å². The molecule has 2 heterocycles. The highest BCUT2D eigenvalue weighted by atomic mass is 16.2. The summed E-state index contributed by atoms with van der Waals surface area (Å²) in [5.74, 6) is -0.0550. The Balaban J connectivity index is 1.70. The zero-order chi connectivity index (χ0) is 18.5. The normalized spacial score (nSPS) is 17.0. The second-order valence-corrected chi connectivity index (χ2v) is 6.47. The standard InChI is InChI=1S/C19H23N5O2/c1-3-17(25)20-12-15-8-7-11-23(13-15)19(26)18-14(2)21-24(22-18)16-9-5-4-6-10-16/h3-6,9-10,15H,1,7-8,11-13H2,2H3,(H,20,25)/t15-/m1/s1. The predicted molar refractivity (Wildman–Crippen MR) is 97.9 cm³/mol. The molecule has 0 bridgehead atoms. The lowest BCUT2D eigenvalue weighted by Crippen LogP contribution is -2.43. The number of aryl methyl sites for hydroxylation is 1. The van der Waals surface area contributed by atoms with E-state index in [4.69, 9.17) is 0 Å². The number of carbonyl (C=O) groups excluding carboxylic acids is 2. The van der Waals surface area contributed by atoms with Crippen molar-refractivity contribution >= 4 is 11.8 Å². The highest BCUT2D eigenvalue weighted by Gasteiger charge is 2.27. The van der Waals surface area contributed by atoms with Crippen LogP contribution in [-0.4, -0.2) is 51.3 Å². The quantitative estimate of drug-likeness (QED) is 0.830. The molecule has 1 aliphatic rings. The van der Waals surface area contributed by atoms with E-state index in [0.29, 0.717) is 31.0 Å². The predicted octanol–water partition coefficient (Wildman–Crippen LogP) is 1.73. The van der Waals surface area contributed by atoms with Gasteiger partial charge in [0.25, 0.3) is 5.91 Å². The summed E-state index contributed by atoms with van der Waals surface area (Å²) in [6.07, 6.45) is 3.15. The first kappa shape index (κ1) is 17.8. The van der Waals surface area contributed by atoms with Crippen LogP contribution in [0.2, 0.25) is 0 Å². The van der Waals surface area contributed by atoms with Gasteiger partial charge in [-0.25, -0.2) is 0 Å². The Labute approximate surface area is 152 Å². The van der Waals surface area contributed by atoms with E-state index >= 15 is 0 Å². The minimum atomic E-state index is -0.185. The first-order valence-electron chi connectivity index (χ1n) is 8.77. The van der Waals surface area contributed by atoms with Crippen LogP contribution in [0.1, 0.15) is 29.0 Å². The van der Waals surface area contributed by atoms with Crippen molar-refractivity contribution in [1.82, 2.24) is 25.2 Å². The summed E-state index contributed by atoms with van der Waals surface area (Å²) in [5.41, 5.74) is 1.81. The monoisotopic (exact) mass is 353 g/mol. The summed E-state index contributed by atoms with van der Waals surface area (Å²) < 4.78 is 0. The van der Waals surface area contributed by atoms with E-state index < -0.39 is 0 Å². The number of likely N-dealkylation sites (tertiary alicyclic amines) is 1. The first-order valence-corrected chi connectivity index (χ1v) is 8.77. The largest absolute Gasteiger partial charge is 0.352 e. The smallest absolute Gasteiger partial charge is 0.276 e. The molecule has 1 atom stereocenters. The van der Waals surface area contributed by atoms with E-state index in [-0.39, 0.29) is 17.7 Å². The summed E-state index contributed by atoms with van der Waals surface area (Å²) in [6, 6.07) is 9.52. The molecule has 7 nitrogen and oxygen atoms in total. The highest BCUT2D eigenvalue weighted by molar-refractivity contribution is 5.93. The molecule has 0 unspecified atom stereocenters. The van der Waals surface area contributed by atoms with E-state index in [1.54, 1.807) is 11.8 Å². The molecule has 0 radical (unpaired) electrons. The maximum absolute atomic E-state index is 12.9. The van der Waals surface area contributed by atoms with Gasteiger partial charge in [-0.3, -0.25) is 9.59 Å². The molecular formula is C19H23N5O2.